The maximum atomic E-state index is 13.1. The van der Waals surface area contributed by atoms with Gasteiger partial charge in [-0.3, -0.25) is 9.69 Å². The van der Waals surface area contributed by atoms with Gasteiger partial charge in [-0.25, -0.2) is 9.37 Å². The molecular weight excluding hydrogens is 367 g/mol. The number of halogens is 1. The van der Waals surface area contributed by atoms with E-state index in [1.165, 1.54) is 56.4 Å². The molecule has 0 unspecified atom stereocenters. The molecule has 1 aliphatic heterocycles. The topological polar surface area (TPSA) is 50.2 Å². The molecule has 0 saturated heterocycles. The smallest absolute Gasteiger partial charge is 0.255 e. The lowest BCUT2D eigenvalue weighted by Crippen LogP contribution is -2.42. The molecule has 2 heterocycles. The second kappa shape index (κ2) is 7.59. The van der Waals surface area contributed by atoms with Crippen molar-refractivity contribution in [2.75, 3.05) is 11.9 Å². The van der Waals surface area contributed by atoms with Crippen molar-refractivity contribution in [1.82, 2.24) is 14.5 Å². The van der Waals surface area contributed by atoms with Crippen LogP contribution in [0, 0.1) is 5.82 Å². The first-order valence-electron chi connectivity index (χ1n) is 10.5. The van der Waals surface area contributed by atoms with Gasteiger partial charge in [0.2, 0.25) is 0 Å². The Kier molecular flexibility index (Phi) is 4.79. The molecule has 1 aliphatic carbocycles. The molecule has 0 bridgehead atoms. The molecule has 5 nitrogen and oxygen atoms in total. The summed E-state index contributed by atoms with van der Waals surface area (Å²) in [6, 6.07) is 12.1. The molecule has 29 heavy (non-hydrogen) atoms. The van der Waals surface area contributed by atoms with Crippen LogP contribution in [0.1, 0.15) is 48.3 Å². The highest BCUT2D eigenvalue weighted by atomic mass is 19.1. The molecule has 1 aromatic heterocycles. The zero-order chi connectivity index (χ0) is 19.8. The van der Waals surface area contributed by atoms with Crippen molar-refractivity contribution in [3.05, 3.63) is 59.7 Å². The van der Waals surface area contributed by atoms with E-state index < -0.39 is 0 Å². The fourth-order valence-corrected chi connectivity index (χ4v) is 4.68. The molecule has 2 aromatic carbocycles. The van der Waals surface area contributed by atoms with Crippen LogP contribution in [0.5, 0.6) is 0 Å². The Morgan fingerprint density at radius 1 is 1.03 bits per heavy atom. The number of nitrogens with one attached hydrogen (secondary N) is 1. The third-order valence-electron chi connectivity index (χ3n) is 6.24. The monoisotopic (exact) mass is 392 g/mol. The highest BCUT2D eigenvalue weighted by molar-refractivity contribution is 6.04. The lowest BCUT2D eigenvalue weighted by molar-refractivity contribution is 0.102. The van der Waals surface area contributed by atoms with Crippen LogP contribution in [0.2, 0.25) is 0 Å². The quantitative estimate of drug-likeness (QED) is 0.710. The van der Waals surface area contributed by atoms with E-state index in [4.69, 9.17) is 4.98 Å². The van der Waals surface area contributed by atoms with Gasteiger partial charge in [0, 0.05) is 30.4 Å². The average Bonchev–Trinajstić information content (AvgIpc) is 3.11. The largest absolute Gasteiger partial charge is 0.326 e. The fraction of sp³-hybridized carbons (Fsp3) is 0.391. The summed E-state index contributed by atoms with van der Waals surface area (Å²) in [5.74, 6) is 0.504. The van der Waals surface area contributed by atoms with Gasteiger partial charge >= 0.3 is 0 Å². The average molecular weight is 392 g/mol. The van der Waals surface area contributed by atoms with Crippen molar-refractivity contribution in [2.45, 2.75) is 51.2 Å². The highest BCUT2D eigenvalue weighted by Crippen LogP contribution is 2.28. The van der Waals surface area contributed by atoms with Crippen LogP contribution in [0.3, 0.4) is 0 Å². The third-order valence-corrected chi connectivity index (χ3v) is 6.24. The lowest BCUT2D eigenvalue weighted by atomic mass is 9.94. The molecule has 0 atom stereocenters. The number of carbonyl (C=O) groups is 1. The van der Waals surface area contributed by atoms with Crippen molar-refractivity contribution >= 4 is 22.6 Å². The number of hydrogen-bond donors (Lipinski definition) is 1. The predicted octanol–water partition coefficient (Wildman–Crippen LogP) is 4.58. The van der Waals surface area contributed by atoms with Crippen molar-refractivity contribution in [1.29, 1.82) is 0 Å². The van der Waals surface area contributed by atoms with Gasteiger partial charge in [0.15, 0.2) is 0 Å². The van der Waals surface area contributed by atoms with Crippen molar-refractivity contribution in [2.24, 2.45) is 0 Å². The molecule has 5 rings (SSSR count). The van der Waals surface area contributed by atoms with E-state index in [1.807, 2.05) is 18.2 Å². The molecule has 150 valence electrons. The molecule has 1 amide bonds. The van der Waals surface area contributed by atoms with Crippen LogP contribution in [-0.4, -0.2) is 32.9 Å². The number of amides is 1. The number of carbonyl (C=O) groups excluding carboxylic acids is 1. The van der Waals surface area contributed by atoms with Crippen LogP contribution < -0.4 is 5.32 Å². The number of imidazole rings is 1. The molecule has 6 heteroatoms. The van der Waals surface area contributed by atoms with Gasteiger partial charge in [0.05, 0.1) is 17.6 Å². The van der Waals surface area contributed by atoms with Crippen molar-refractivity contribution in [3.63, 3.8) is 0 Å². The Bertz CT molecular complexity index is 1040. The maximum absolute atomic E-state index is 13.1. The van der Waals surface area contributed by atoms with Crippen molar-refractivity contribution < 1.29 is 9.18 Å². The number of benzene rings is 2. The Morgan fingerprint density at radius 2 is 1.83 bits per heavy atom. The van der Waals surface area contributed by atoms with E-state index in [9.17, 15) is 9.18 Å². The van der Waals surface area contributed by atoms with Crippen molar-refractivity contribution in [3.8, 4) is 0 Å². The summed E-state index contributed by atoms with van der Waals surface area (Å²) in [6.07, 6.45) is 6.66. The minimum absolute atomic E-state index is 0.253. The number of rotatable bonds is 3. The summed E-state index contributed by atoms with van der Waals surface area (Å²) in [7, 11) is 0. The molecule has 1 N–H and O–H groups in total. The Balaban J connectivity index is 1.35. The second-order valence-corrected chi connectivity index (χ2v) is 8.11. The van der Waals surface area contributed by atoms with Gasteiger partial charge in [0.1, 0.15) is 11.6 Å². The van der Waals surface area contributed by atoms with Gasteiger partial charge in [-0.05, 0) is 55.3 Å². The van der Waals surface area contributed by atoms with Gasteiger partial charge in [-0.2, -0.15) is 0 Å². The van der Waals surface area contributed by atoms with Crippen LogP contribution in [0.15, 0.2) is 42.5 Å². The van der Waals surface area contributed by atoms with Crippen LogP contribution in [0.25, 0.3) is 11.0 Å². The second-order valence-electron chi connectivity index (χ2n) is 8.11. The first kappa shape index (κ1) is 18.3. The van der Waals surface area contributed by atoms with E-state index >= 15 is 0 Å². The first-order chi connectivity index (χ1) is 14.2. The highest BCUT2D eigenvalue weighted by Gasteiger charge is 2.26. The summed E-state index contributed by atoms with van der Waals surface area (Å²) in [5.41, 5.74) is 3.15. The van der Waals surface area contributed by atoms with Gasteiger partial charge < -0.3 is 9.88 Å². The number of nitrogens with zero attached hydrogens (tertiary/aromatic N) is 3. The molecular formula is C23H25FN4O. The summed E-state index contributed by atoms with van der Waals surface area (Å²) >= 11 is 0. The minimum Gasteiger partial charge on any atom is -0.326 e. The van der Waals surface area contributed by atoms with Gasteiger partial charge in [-0.15, -0.1) is 0 Å². The van der Waals surface area contributed by atoms with Gasteiger partial charge in [-0.1, -0.05) is 19.3 Å². The molecule has 1 fully saturated rings. The van der Waals surface area contributed by atoms with Crippen LogP contribution >= 0.6 is 0 Å². The molecule has 1 saturated carbocycles. The van der Waals surface area contributed by atoms with E-state index in [2.05, 4.69) is 14.8 Å². The number of anilines is 1. The molecule has 0 spiro atoms. The van der Waals surface area contributed by atoms with E-state index in [-0.39, 0.29) is 11.7 Å². The summed E-state index contributed by atoms with van der Waals surface area (Å²) in [6.45, 7) is 2.94. The maximum Gasteiger partial charge on any atom is 0.255 e. The Hall–Kier alpha value is -2.73. The van der Waals surface area contributed by atoms with Crippen LogP contribution in [-0.2, 0) is 13.1 Å². The van der Waals surface area contributed by atoms with E-state index in [0.717, 1.165) is 36.5 Å². The Labute approximate surface area is 169 Å². The predicted molar refractivity (Wildman–Crippen MR) is 111 cm³/mol. The standard InChI is InChI=1S/C23H25FN4O/c24-17-8-6-16(7-9-17)23(29)25-18-10-11-21-20(14-18)26-22-15-27(12-13-28(21)22)19-4-2-1-3-5-19/h6-11,14,19H,1-5,12-13,15H2,(H,25,29). The zero-order valence-electron chi connectivity index (χ0n) is 16.4. The molecule has 3 aromatic rings. The Morgan fingerprint density at radius 3 is 2.62 bits per heavy atom. The summed E-state index contributed by atoms with van der Waals surface area (Å²) < 4.78 is 15.4. The number of hydrogen-bond acceptors (Lipinski definition) is 3. The van der Waals surface area contributed by atoms with Crippen LogP contribution in [0.4, 0.5) is 10.1 Å². The first-order valence-corrected chi connectivity index (χ1v) is 10.5. The summed E-state index contributed by atoms with van der Waals surface area (Å²) in [4.78, 5) is 19.9. The fourth-order valence-electron chi connectivity index (χ4n) is 4.68. The van der Waals surface area contributed by atoms with E-state index in [0.29, 0.717) is 17.3 Å². The number of fused-ring (bicyclic) bond motifs is 3. The summed E-state index contributed by atoms with van der Waals surface area (Å²) in [5, 5.41) is 2.89. The van der Waals surface area contributed by atoms with Gasteiger partial charge in [0.25, 0.3) is 5.91 Å². The SMILES string of the molecule is O=C(Nc1ccc2c(c1)nc1n2CCN(C2CCCCC2)C1)c1ccc(F)cc1. The van der Waals surface area contributed by atoms with E-state index in [1.54, 1.807) is 0 Å². The zero-order valence-corrected chi connectivity index (χ0v) is 16.4. The third kappa shape index (κ3) is 3.65. The minimum atomic E-state index is -0.353. The molecule has 2 aliphatic rings. The number of aromatic nitrogens is 2. The molecule has 0 radical (unpaired) electrons. The lowest BCUT2D eigenvalue weighted by Gasteiger charge is -2.36. The normalized spacial score (nSPS) is 18.0.